The fourth-order valence-electron chi connectivity index (χ4n) is 4.71. The largest absolute Gasteiger partial charge is 0.342 e. The number of amides is 3. The highest BCUT2D eigenvalue weighted by Gasteiger charge is 2.44. The van der Waals surface area contributed by atoms with Crippen molar-refractivity contribution in [1.29, 1.82) is 0 Å². The van der Waals surface area contributed by atoms with Gasteiger partial charge in [0.1, 0.15) is 5.82 Å². The lowest BCUT2D eigenvalue weighted by atomic mass is 9.92. The number of imide groups is 1. The van der Waals surface area contributed by atoms with E-state index in [9.17, 15) is 18.8 Å². The average molecular weight is 401 g/mol. The quantitative estimate of drug-likeness (QED) is 0.730. The molecule has 7 heteroatoms. The van der Waals surface area contributed by atoms with Crippen molar-refractivity contribution in [3.05, 3.63) is 30.1 Å². The van der Waals surface area contributed by atoms with E-state index in [1.165, 1.54) is 24.3 Å². The van der Waals surface area contributed by atoms with Crippen molar-refractivity contribution in [2.75, 3.05) is 31.1 Å². The third-order valence-corrected chi connectivity index (χ3v) is 6.62. The minimum absolute atomic E-state index is 0.0139. The smallest absolute Gasteiger partial charge is 0.251 e. The molecule has 3 aliphatic heterocycles. The number of carbonyl (C=O) groups is 3. The Morgan fingerprint density at radius 2 is 1.59 bits per heavy atom. The molecule has 3 aliphatic rings. The summed E-state index contributed by atoms with van der Waals surface area (Å²) < 4.78 is 13.2. The van der Waals surface area contributed by atoms with Crippen LogP contribution in [0.25, 0.3) is 0 Å². The molecule has 3 amide bonds. The first-order chi connectivity index (χ1) is 13.9. The molecule has 0 spiro atoms. The molecule has 0 unspecified atom stereocenters. The SMILES string of the molecule is CC1CCN(C(=O)C2CCN([C@H]3CC(=O)N(c4ccc(F)cc4)C3=O)CC2)CC1. The van der Waals surface area contributed by atoms with Gasteiger partial charge in [0.25, 0.3) is 5.91 Å². The fourth-order valence-corrected chi connectivity index (χ4v) is 4.71. The third-order valence-electron chi connectivity index (χ3n) is 6.62. The van der Waals surface area contributed by atoms with Gasteiger partial charge >= 0.3 is 0 Å². The van der Waals surface area contributed by atoms with Crippen LogP contribution >= 0.6 is 0 Å². The number of likely N-dealkylation sites (tertiary alicyclic amines) is 2. The third kappa shape index (κ3) is 4.06. The number of piperidine rings is 2. The van der Waals surface area contributed by atoms with E-state index in [-0.39, 0.29) is 30.1 Å². The molecular weight excluding hydrogens is 373 g/mol. The Bertz CT molecular complexity index is 781. The zero-order valence-electron chi connectivity index (χ0n) is 16.8. The van der Waals surface area contributed by atoms with E-state index in [0.29, 0.717) is 24.7 Å². The Kier molecular flexibility index (Phi) is 5.67. The molecule has 29 heavy (non-hydrogen) atoms. The molecule has 1 atom stereocenters. The van der Waals surface area contributed by atoms with Gasteiger partial charge in [0.05, 0.1) is 18.2 Å². The Balaban J connectivity index is 1.35. The molecule has 4 rings (SSSR count). The normalized spacial score (nSPS) is 25.1. The van der Waals surface area contributed by atoms with Gasteiger partial charge in [-0.25, -0.2) is 9.29 Å². The minimum atomic E-state index is -0.487. The molecule has 1 aromatic rings. The lowest BCUT2D eigenvalue weighted by molar-refractivity contribution is -0.138. The van der Waals surface area contributed by atoms with Crippen molar-refractivity contribution in [3.8, 4) is 0 Å². The van der Waals surface area contributed by atoms with Crippen LogP contribution in [0.1, 0.15) is 39.0 Å². The Labute approximate surface area is 170 Å². The van der Waals surface area contributed by atoms with Crippen LogP contribution in [-0.4, -0.2) is 59.7 Å². The summed E-state index contributed by atoms with van der Waals surface area (Å²) in [5.41, 5.74) is 0.410. The molecule has 3 saturated heterocycles. The summed E-state index contributed by atoms with van der Waals surface area (Å²) in [6.07, 6.45) is 3.72. The topological polar surface area (TPSA) is 60.9 Å². The highest BCUT2D eigenvalue weighted by Crippen LogP contribution is 2.30. The van der Waals surface area contributed by atoms with Gasteiger partial charge in [-0.3, -0.25) is 19.3 Å². The van der Waals surface area contributed by atoms with Gasteiger partial charge in [-0.1, -0.05) is 6.92 Å². The van der Waals surface area contributed by atoms with Crippen LogP contribution in [0.5, 0.6) is 0 Å². The zero-order chi connectivity index (χ0) is 20.5. The fraction of sp³-hybridized carbons (Fsp3) is 0.591. The summed E-state index contributed by atoms with van der Waals surface area (Å²) in [4.78, 5) is 43.4. The number of hydrogen-bond acceptors (Lipinski definition) is 4. The monoisotopic (exact) mass is 401 g/mol. The second-order valence-electron chi connectivity index (χ2n) is 8.58. The summed E-state index contributed by atoms with van der Waals surface area (Å²) in [5.74, 6) is 0.0391. The van der Waals surface area contributed by atoms with E-state index in [0.717, 1.165) is 43.7 Å². The van der Waals surface area contributed by atoms with E-state index in [1.807, 2.05) is 9.80 Å². The molecule has 3 heterocycles. The standard InChI is InChI=1S/C22H28FN3O3/c1-15-6-10-25(11-7-15)21(28)16-8-12-24(13-9-16)19-14-20(27)26(22(19)29)18-4-2-17(23)3-5-18/h2-5,15-16,19H,6-14H2,1H3/t19-/m0/s1. The van der Waals surface area contributed by atoms with Gasteiger partial charge in [0, 0.05) is 19.0 Å². The summed E-state index contributed by atoms with van der Waals surface area (Å²) in [6.45, 7) is 5.21. The van der Waals surface area contributed by atoms with Crippen molar-refractivity contribution >= 4 is 23.4 Å². The summed E-state index contributed by atoms with van der Waals surface area (Å²) in [7, 11) is 0. The van der Waals surface area contributed by atoms with Gasteiger partial charge < -0.3 is 4.90 Å². The van der Waals surface area contributed by atoms with Gasteiger partial charge in [-0.2, -0.15) is 0 Å². The molecule has 6 nitrogen and oxygen atoms in total. The van der Waals surface area contributed by atoms with Gasteiger partial charge in [0.2, 0.25) is 11.8 Å². The number of halogens is 1. The first-order valence-corrected chi connectivity index (χ1v) is 10.6. The van der Waals surface area contributed by atoms with Crippen molar-refractivity contribution in [2.45, 2.75) is 45.1 Å². The molecule has 0 aliphatic carbocycles. The summed E-state index contributed by atoms with van der Waals surface area (Å²) >= 11 is 0. The molecule has 3 fully saturated rings. The van der Waals surface area contributed by atoms with Crippen LogP contribution in [0, 0.1) is 17.7 Å². The number of benzene rings is 1. The van der Waals surface area contributed by atoms with Crippen LogP contribution in [-0.2, 0) is 14.4 Å². The van der Waals surface area contributed by atoms with E-state index >= 15 is 0 Å². The maximum atomic E-state index is 13.2. The number of nitrogens with zero attached hydrogens (tertiary/aromatic N) is 3. The Morgan fingerprint density at radius 3 is 2.21 bits per heavy atom. The molecular formula is C22H28FN3O3. The maximum absolute atomic E-state index is 13.2. The first kappa shape index (κ1) is 20.0. The number of anilines is 1. The minimum Gasteiger partial charge on any atom is -0.342 e. The number of carbonyl (C=O) groups excluding carboxylic acids is 3. The van der Waals surface area contributed by atoms with Crippen LogP contribution in [0.2, 0.25) is 0 Å². The van der Waals surface area contributed by atoms with Crippen LogP contribution in [0.3, 0.4) is 0 Å². The van der Waals surface area contributed by atoms with Crippen molar-refractivity contribution in [3.63, 3.8) is 0 Å². The zero-order valence-corrected chi connectivity index (χ0v) is 16.8. The van der Waals surface area contributed by atoms with Crippen LogP contribution < -0.4 is 4.90 Å². The highest BCUT2D eigenvalue weighted by molar-refractivity contribution is 6.22. The van der Waals surface area contributed by atoms with Crippen LogP contribution in [0.4, 0.5) is 10.1 Å². The number of hydrogen-bond donors (Lipinski definition) is 0. The van der Waals surface area contributed by atoms with Gasteiger partial charge in [-0.15, -0.1) is 0 Å². The predicted molar refractivity (Wildman–Crippen MR) is 107 cm³/mol. The molecule has 0 radical (unpaired) electrons. The summed E-state index contributed by atoms with van der Waals surface area (Å²) in [5, 5.41) is 0. The number of rotatable bonds is 3. The Morgan fingerprint density at radius 1 is 0.966 bits per heavy atom. The second kappa shape index (κ2) is 8.22. The maximum Gasteiger partial charge on any atom is 0.251 e. The van der Waals surface area contributed by atoms with Crippen molar-refractivity contribution in [1.82, 2.24) is 9.80 Å². The molecule has 0 N–H and O–H groups in total. The molecule has 156 valence electrons. The molecule has 1 aromatic carbocycles. The molecule has 0 bridgehead atoms. The van der Waals surface area contributed by atoms with Crippen LogP contribution in [0.15, 0.2) is 24.3 Å². The van der Waals surface area contributed by atoms with E-state index in [4.69, 9.17) is 0 Å². The van der Waals surface area contributed by atoms with Crippen molar-refractivity contribution in [2.24, 2.45) is 11.8 Å². The van der Waals surface area contributed by atoms with E-state index < -0.39 is 11.9 Å². The van der Waals surface area contributed by atoms with E-state index in [2.05, 4.69) is 6.92 Å². The van der Waals surface area contributed by atoms with Gasteiger partial charge in [0.15, 0.2) is 0 Å². The lowest BCUT2D eigenvalue weighted by Gasteiger charge is -2.38. The lowest BCUT2D eigenvalue weighted by Crippen LogP contribution is -2.49. The van der Waals surface area contributed by atoms with E-state index in [1.54, 1.807) is 0 Å². The average Bonchev–Trinajstić information content (AvgIpc) is 3.03. The Hall–Kier alpha value is -2.28. The first-order valence-electron chi connectivity index (χ1n) is 10.6. The summed E-state index contributed by atoms with van der Waals surface area (Å²) in [6, 6.07) is 4.93. The second-order valence-corrected chi connectivity index (χ2v) is 8.58. The predicted octanol–water partition coefficient (Wildman–Crippen LogP) is 2.43. The van der Waals surface area contributed by atoms with Crippen molar-refractivity contribution < 1.29 is 18.8 Å². The highest BCUT2D eigenvalue weighted by atomic mass is 19.1. The van der Waals surface area contributed by atoms with Gasteiger partial charge in [-0.05, 0) is 69.0 Å². The molecule has 0 aromatic heterocycles. The molecule has 0 saturated carbocycles.